The van der Waals surface area contributed by atoms with Crippen molar-refractivity contribution in [2.24, 2.45) is 0 Å². The Morgan fingerprint density at radius 2 is 1.85 bits per heavy atom. The summed E-state index contributed by atoms with van der Waals surface area (Å²) in [5.41, 5.74) is 3.07. The van der Waals surface area contributed by atoms with E-state index < -0.39 is 15.9 Å². The molecule has 0 atom stereocenters. The highest BCUT2D eigenvalue weighted by atomic mass is 32.2. The fraction of sp³-hybridized carbons (Fsp3) is 0.350. The van der Waals surface area contributed by atoms with E-state index in [4.69, 9.17) is 4.74 Å². The van der Waals surface area contributed by atoms with Crippen LogP contribution in [0.3, 0.4) is 0 Å². The van der Waals surface area contributed by atoms with Gasteiger partial charge in [0.2, 0.25) is 15.9 Å². The topological polar surface area (TPSA) is 75.7 Å². The number of nitrogens with one attached hydrogen (secondary N) is 1. The summed E-state index contributed by atoms with van der Waals surface area (Å²) in [5, 5.41) is 2.87. The summed E-state index contributed by atoms with van der Waals surface area (Å²) in [6, 6.07) is 12.5. The van der Waals surface area contributed by atoms with Crippen molar-refractivity contribution in [2.45, 2.75) is 27.2 Å². The third kappa shape index (κ3) is 5.47. The smallest absolute Gasteiger partial charge is 0.245 e. The zero-order chi connectivity index (χ0) is 20.0. The third-order valence-electron chi connectivity index (χ3n) is 4.11. The Bertz CT molecular complexity index is 910. The molecule has 7 heteroatoms. The molecule has 6 nitrogen and oxygen atoms in total. The van der Waals surface area contributed by atoms with Gasteiger partial charge in [-0.2, -0.15) is 0 Å². The summed E-state index contributed by atoms with van der Waals surface area (Å²) in [7, 11) is -3.65. The third-order valence-corrected chi connectivity index (χ3v) is 5.25. The molecule has 0 aliphatic heterocycles. The summed E-state index contributed by atoms with van der Waals surface area (Å²) in [5.74, 6) is 0.155. The van der Waals surface area contributed by atoms with Crippen LogP contribution in [0.5, 0.6) is 5.75 Å². The second kappa shape index (κ2) is 8.90. The van der Waals surface area contributed by atoms with Gasteiger partial charge in [0.05, 0.1) is 18.6 Å². The normalized spacial score (nSPS) is 11.1. The molecule has 0 aromatic heterocycles. The molecule has 146 valence electrons. The molecule has 0 fully saturated rings. The largest absolute Gasteiger partial charge is 0.494 e. The van der Waals surface area contributed by atoms with Crippen LogP contribution >= 0.6 is 0 Å². The highest BCUT2D eigenvalue weighted by Gasteiger charge is 2.22. The van der Waals surface area contributed by atoms with Crippen molar-refractivity contribution in [3.63, 3.8) is 0 Å². The van der Waals surface area contributed by atoms with Gasteiger partial charge in [-0.25, -0.2) is 8.42 Å². The van der Waals surface area contributed by atoms with E-state index in [2.05, 4.69) is 5.32 Å². The first-order valence-electron chi connectivity index (χ1n) is 8.85. The molecule has 1 N–H and O–H groups in total. The Balaban J connectivity index is 2.27. The highest BCUT2D eigenvalue weighted by molar-refractivity contribution is 7.92. The summed E-state index contributed by atoms with van der Waals surface area (Å²) in [6.45, 7) is 5.92. The van der Waals surface area contributed by atoms with Gasteiger partial charge in [0.15, 0.2) is 0 Å². The Morgan fingerprint density at radius 3 is 2.48 bits per heavy atom. The summed E-state index contributed by atoms with van der Waals surface area (Å²) in [4.78, 5) is 12.6. The Labute approximate surface area is 161 Å². The van der Waals surface area contributed by atoms with Crippen molar-refractivity contribution in [1.82, 2.24) is 0 Å². The first-order valence-corrected chi connectivity index (χ1v) is 10.7. The number of aryl methyl sites for hydroxylation is 2. The monoisotopic (exact) mass is 390 g/mol. The molecule has 0 radical (unpaired) electrons. The maximum atomic E-state index is 12.6. The van der Waals surface area contributed by atoms with Crippen LogP contribution in [0.15, 0.2) is 42.5 Å². The average molecular weight is 391 g/mol. The van der Waals surface area contributed by atoms with E-state index >= 15 is 0 Å². The van der Waals surface area contributed by atoms with Gasteiger partial charge in [-0.15, -0.1) is 0 Å². The Hall–Kier alpha value is -2.54. The zero-order valence-electron chi connectivity index (χ0n) is 16.2. The van der Waals surface area contributed by atoms with Gasteiger partial charge in [0.1, 0.15) is 12.3 Å². The predicted molar refractivity (Wildman–Crippen MR) is 109 cm³/mol. The van der Waals surface area contributed by atoms with Gasteiger partial charge >= 0.3 is 0 Å². The molecular weight excluding hydrogens is 364 g/mol. The van der Waals surface area contributed by atoms with Crippen molar-refractivity contribution in [2.75, 3.05) is 29.0 Å². The van der Waals surface area contributed by atoms with E-state index in [0.29, 0.717) is 18.0 Å². The van der Waals surface area contributed by atoms with Crippen molar-refractivity contribution in [1.29, 1.82) is 0 Å². The summed E-state index contributed by atoms with van der Waals surface area (Å²) in [6.07, 6.45) is 1.85. The van der Waals surface area contributed by atoms with Crippen LogP contribution in [-0.2, 0) is 21.2 Å². The van der Waals surface area contributed by atoms with Gasteiger partial charge in [-0.05, 0) is 43.5 Å². The number of nitrogens with zero attached hydrogens (tertiary/aromatic N) is 1. The fourth-order valence-electron chi connectivity index (χ4n) is 2.81. The quantitative estimate of drug-likeness (QED) is 0.750. The minimum atomic E-state index is -3.65. The maximum Gasteiger partial charge on any atom is 0.245 e. The second-order valence-electron chi connectivity index (χ2n) is 6.21. The number of carbonyl (C=O) groups excluding carboxylic acids is 1. The highest BCUT2D eigenvalue weighted by Crippen LogP contribution is 2.24. The number of carbonyl (C=O) groups is 1. The van der Waals surface area contributed by atoms with Crippen LogP contribution in [0, 0.1) is 6.92 Å². The number of sulfonamides is 1. The first-order chi connectivity index (χ1) is 12.8. The molecule has 0 unspecified atom stereocenters. The molecule has 2 rings (SSSR count). The Morgan fingerprint density at radius 1 is 1.15 bits per heavy atom. The van der Waals surface area contributed by atoms with Gasteiger partial charge in [0.25, 0.3) is 0 Å². The molecule has 0 bridgehead atoms. The minimum absolute atomic E-state index is 0.314. The lowest BCUT2D eigenvalue weighted by molar-refractivity contribution is -0.114. The zero-order valence-corrected chi connectivity index (χ0v) is 17.0. The van der Waals surface area contributed by atoms with Gasteiger partial charge < -0.3 is 10.1 Å². The molecule has 1 amide bonds. The van der Waals surface area contributed by atoms with Crippen LogP contribution in [0.1, 0.15) is 25.0 Å². The van der Waals surface area contributed by atoms with Gasteiger partial charge in [0, 0.05) is 11.8 Å². The van der Waals surface area contributed by atoms with E-state index in [9.17, 15) is 13.2 Å². The number of hydrogen-bond acceptors (Lipinski definition) is 4. The molecule has 27 heavy (non-hydrogen) atoms. The first kappa shape index (κ1) is 20.8. The molecule has 0 heterocycles. The van der Waals surface area contributed by atoms with Crippen LogP contribution < -0.4 is 14.4 Å². The molecule has 0 saturated heterocycles. The molecule has 2 aromatic rings. The maximum absolute atomic E-state index is 12.6. The fourth-order valence-corrected chi connectivity index (χ4v) is 3.65. The van der Waals surface area contributed by atoms with Crippen LogP contribution in [0.2, 0.25) is 0 Å². The standard InChI is InChI=1S/C20H26N2O4S/c1-5-16-10-7-9-15(3)20(16)21-19(23)14-22(27(4,24)25)17-11-8-12-18(13-17)26-6-2/h7-13H,5-6,14H2,1-4H3,(H,21,23). The van der Waals surface area contributed by atoms with E-state index in [-0.39, 0.29) is 6.54 Å². The lowest BCUT2D eigenvalue weighted by Gasteiger charge is -2.23. The van der Waals surface area contributed by atoms with Gasteiger partial charge in [-0.3, -0.25) is 9.10 Å². The predicted octanol–water partition coefficient (Wildman–Crippen LogP) is 3.36. The number of para-hydroxylation sites is 1. The van der Waals surface area contributed by atoms with Crippen LogP contribution in [-0.4, -0.2) is 33.7 Å². The summed E-state index contributed by atoms with van der Waals surface area (Å²) >= 11 is 0. The number of amides is 1. The summed E-state index contributed by atoms with van der Waals surface area (Å²) < 4.78 is 31.1. The van der Waals surface area contributed by atoms with Gasteiger partial charge in [-0.1, -0.05) is 31.2 Å². The van der Waals surface area contributed by atoms with E-state index in [1.807, 2.05) is 39.0 Å². The lowest BCUT2D eigenvalue weighted by atomic mass is 10.1. The lowest BCUT2D eigenvalue weighted by Crippen LogP contribution is -2.37. The SMILES string of the molecule is CCOc1cccc(N(CC(=O)Nc2c(C)cccc2CC)S(C)(=O)=O)c1. The average Bonchev–Trinajstić information content (AvgIpc) is 2.61. The molecule has 2 aromatic carbocycles. The number of benzene rings is 2. The number of anilines is 2. The van der Waals surface area contributed by atoms with Crippen molar-refractivity contribution in [3.8, 4) is 5.75 Å². The van der Waals surface area contributed by atoms with E-state index in [1.165, 1.54) is 0 Å². The van der Waals surface area contributed by atoms with E-state index in [1.54, 1.807) is 24.3 Å². The van der Waals surface area contributed by atoms with Crippen LogP contribution in [0.25, 0.3) is 0 Å². The molecule has 0 aliphatic carbocycles. The molecule has 0 saturated carbocycles. The van der Waals surface area contributed by atoms with Crippen molar-refractivity contribution >= 4 is 27.3 Å². The molecule has 0 aliphatic rings. The molecular formula is C20H26N2O4S. The van der Waals surface area contributed by atoms with E-state index in [0.717, 1.165) is 33.8 Å². The number of ether oxygens (including phenoxy) is 1. The van der Waals surface area contributed by atoms with Crippen molar-refractivity contribution < 1.29 is 17.9 Å². The van der Waals surface area contributed by atoms with Crippen molar-refractivity contribution in [3.05, 3.63) is 53.6 Å². The molecule has 0 spiro atoms. The second-order valence-corrected chi connectivity index (χ2v) is 8.12. The Kier molecular flexibility index (Phi) is 6.85. The number of hydrogen-bond donors (Lipinski definition) is 1. The minimum Gasteiger partial charge on any atom is -0.494 e. The number of rotatable bonds is 8. The van der Waals surface area contributed by atoms with Crippen LogP contribution in [0.4, 0.5) is 11.4 Å².